The van der Waals surface area contributed by atoms with E-state index in [4.69, 9.17) is 5.11 Å². The summed E-state index contributed by atoms with van der Waals surface area (Å²) in [6.45, 7) is 3.26. The number of piperazine rings is 1. The van der Waals surface area contributed by atoms with Crippen LogP contribution >= 0.6 is 0 Å². The minimum Gasteiger partial charge on any atom is -0.395 e. The third kappa shape index (κ3) is 5.36. The van der Waals surface area contributed by atoms with Crippen molar-refractivity contribution in [2.75, 3.05) is 56.2 Å². The number of nitrogens with zero attached hydrogens (tertiary/aromatic N) is 6. The molecule has 0 spiro atoms. The number of anilines is 2. The Kier molecular flexibility index (Phi) is 7.23. The molecule has 1 aliphatic heterocycles. The number of halogens is 1. The van der Waals surface area contributed by atoms with Crippen LogP contribution in [0.25, 0.3) is 10.8 Å². The van der Waals surface area contributed by atoms with Crippen molar-refractivity contribution < 1.29 is 14.3 Å². The fourth-order valence-electron chi connectivity index (χ4n) is 4.62. The van der Waals surface area contributed by atoms with Crippen molar-refractivity contribution in [3.05, 3.63) is 89.5 Å². The standard InChI is InChI=1S/C28H29FN6O2/c1-33(16-17-36)28(37)21-8-11-26(30-19-21)34-12-14-35(15-13-34)27-24-5-3-2-4-23(24)25(31-32-27)18-20-6-9-22(29)10-7-20/h2-11,19,36H,12-18H2,1H3. The summed E-state index contributed by atoms with van der Waals surface area (Å²) in [6, 6.07) is 18.3. The highest BCUT2D eigenvalue weighted by Crippen LogP contribution is 2.28. The molecule has 2 aromatic carbocycles. The average molecular weight is 501 g/mol. The maximum Gasteiger partial charge on any atom is 0.255 e. The van der Waals surface area contributed by atoms with Gasteiger partial charge in [0.25, 0.3) is 5.91 Å². The Bertz CT molecular complexity index is 1370. The maximum atomic E-state index is 13.3. The number of benzene rings is 2. The molecule has 2 aromatic heterocycles. The lowest BCUT2D eigenvalue weighted by molar-refractivity contribution is 0.0766. The second kappa shape index (κ2) is 10.9. The van der Waals surface area contributed by atoms with E-state index in [0.717, 1.165) is 59.8 Å². The lowest BCUT2D eigenvalue weighted by Gasteiger charge is -2.36. The second-order valence-electron chi connectivity index (χ2n) is 9.15. The minimum atomic E-state index is -0.250. The highest BCUT2D eigenvalue weighted by molar-refractivity contribution is 5.94. The molecule has 0 saturated carbocycles. The summed E-state index contributed by atoms with van der Waals surface area (Å²) in [7, 11) is 1.66. The van der Waals surface area contributed by atoms with Gasteiger partial charge < -0.3 is 19.8 Å². The SMILES string of the molecule is CN(CCO)C(=O)c1ccc(N2CCN(c3nnc(Cc4ccc(F)cc4)c4ccccc34)CC2)nc1. The van der Waals surface area contributed by atoms with Crippen molar-refractivity contribution in [3.8, 4) is 0 Å². The van der Waals surface area contributed by atoms with Crippen LogP contribution in [0.3, 0.4) is 0 Å². The summed E-state index contributed by atoms with van der Waals surface area (Å²) in [5, 5.41) is 20.3. The number of likely N-dealkylation sites (N-methyl/N-ethyl adjacent to an activating group) is 1. The van der Waals surface area contributed by atoms with Gasteiger partial charge in [-0.1, -0.05) is 36.4 Å². The summed E-state index contributed by atoms with van der Waals surface area (Å²) in [5.41, 5.74) is 2.36. The van der Waals surface area contributed by atoms with E-state index >= 15 is 0 Å². The normalized spacial score (nSPS) is 13.7. The van der Waals surface area contributed by atoms with Crippen LogP contribution in [0.4, 0.5) is 16.0 Å². The van der Waals surface area contributed by atoms with Gasteiger partial charge in [0.05, 0.1) is 17.9 Å². The molecule has 0 unspecified atom stereocenters. The van der Waals surface area contributed by atoms with E-state index in [2.05, 4.69) is 37.1 Å². The van der Waals surface area contributed by atoms with E-state index in [0.29, 0.717) is 12.0 Å². The number of amides is 1. The number of aromatic nitrogens is 3. The summed E-state index contributed by atoms with van der Waals surface area (Å²) < 4.78 is 13.3. The molecule has 3 heterocycles. The average Bonchev–Trinajstić information content (AvgIpc) is 2.94. The van der Waals surface area contributed by atoms with Crippen LogP contribution in [0.1, 0.15) is 21.6 Å². The van der Waals surface area contributed by atoms with Crippen molar-refractivity contribution in [2.45, 2.75) is 6.42 Å². The third-order valence-corrected chi connectivity index (χ3v) is 6.71. The van der Waals surface area contributed by atoms with Gasteiger partial charge in [-0.15, -0.1) is 5.10 Å². The molecule has 0 aliphatic carbocycles. The molecule has 0 atom stereocenters. The van der Waals surface area contributed by atoms with Gasteiger partial charge in [-0.25, -0.2) is 9.37 Å². The van der Waals surface area contributed by atoms with Gasteiger partial charge in [-0.05, 0) is 29.8 Å². The van der Waals surface area contributed by atoms with Crippen LogP contribution < -0.4 is 9.80 Å². The Hall–Kier alpha value is -4.11. The largest absolute Gasteiger partial charge is 0.395 e. The molecule has 4 aromatic rings. The number of aliphatic hydroxyl groups excluding tert-OH is 1. The second-order valence-corrected chi connectivity index (χ2v) is 9.15. The van der Waals surface area contributed by atoms with E-state index in [1.54, 1.807) is 31.4 Å². The lowest BCUT2D eigenvalue weighted by atomic mass is 10.0. The smallest absolute Gasteiger partial charge is 0.255 e. The van der Waals surface area contributed by atoms with Crippen LogP contribution in [0, 0.1) is 5.82 Å². The Balaban J connectivity index is 1.29. The van der Waals surface area contributed by atoms with Crippen LogP contribution in [0.5, 0.6) is 0 Å². The van der Waals surface area contributed by atoms with Gasteiger partial charge in [0.2, 0.25) is 0 Å². The van der Waals surface area contributed by atoms with E-state index in [1.165, 1.54) is 17.0 Å². The molecule has 0 bridgehead atoms. The molecule has 5 rings (SSSR count). The monoisotopic (exact) mass is 500 g/mol. The Morgan fingerprint density at radius 3 is 2.32 bits per heavy atom. The summed E-state index contributed by atoms with van der Waals surface area (Å²) in [5.74, 6) is 1.27. The lowest BCUT2D eigenvalue weighted by Crippen LogP contribution is -2.47. The van der Waals surface area contributed by atoms with E-state index < -0.39 is 0 Å². The number of aliphatic hydroxyl groups is 1. The van der Waals surface area contributed by atoms with Crippen LogP contribution in [0.15, 0.2) is 66.9 Å². The zero-order chi connectivity index (χ0) is 25.8. The van der Waals surface area contributed by atoms with Gasteiger partial charge in [0.1, 0.15) is 11.6 Å². The molecule has 1 amide bonds. The van der Waals surface area contributed by atoms with E-state index in [-0.39, 0.29) is 24.9 Å². The van der Waals surface area contributed by atoms with Gasteiger partial charge in [-0.3, -0.25) is 4.79 Å². The fraction of sp³-hybridized carbons (Fsp3) is 0.286. The number of hydrogen-bond acceptors (Lipinski definition) is 7. The first-order chi connectivity index (χ1) is 18.0. The molecule has 0 radical (unpaired) electrons. The molecule has 9 heteroatoms. The number of rotatable bonds is 7. The van der Waals surface area contributed by atoms with Crippen molar-refractivity contribution >= 4 is 28.3 Å². The van der Waals surface area contributed by atoms with Gasteiger partial charge in [0.15, 0.2) is 5.82 Å². The van der Waals surface area contributed by atoms with Crippen molar-refractivity contribution in [2.24, 2.45) is 0 Å². The predicted molar refractivity (Wildman–Crippen MR) is 141 cm³/mol. The predicted octanol–water partition coefficient (Wildman–Crippen LogP) is 3.15. The Morgan fingerprint density at radius 1 is 0.946 bits per heavy atom. The number of carbonyl (C=O) groups excluding carboxylic acids is 1. The van der Waals surface area contributed by atoms with Gasteiger partial charge in [-0.2, -0.15) is 5.10 Å². The Morgan fingerprint density at radius 2 is 1.65 bits per heavy atom. The summed E-state index contributed by atoms with van der Waals surface area (Å²) in [4.78, 5) is 22.8. The highest BCUT2D eigenvalue weighted by Gasteiger charge is 2.22. The zero-order valence-corrected chi connectivity index (χ0v) is 20.7. The topological polar surface area (TPSA) is 85.7 Å². The highest BCUT2D eigenvalue weighted by atomic mass is 19.1. The molecule has 1 N–H and O–H groups in total. The first kappa shape index (κ1) is 24.6. The van der Waals surface area contributed by atoms with Crippen molar-refractivity contribution in [1.82, 2.24) is 20.1 Å². The van der Waals surface area contributed by atoms with Gasteiger partial charge in [0, 0.05) is 63.2 Å². The molecule has 37 heavy (non-hydrogen) atoms. The van der Waals surface area contributed by atoms with E-state index in [9.17, 15) is 9.18 Å². The van der Waals surface area contributed by atoms with Crippen molar-refractivity contribution in [3.63, 3.8) is 0 Å². The molecule has 8 nitrogen and oxygen atoms in total. The summed E-state index contributed by atoms with van der Waals surface area (Å²) >= 11 is 0. The van der Waals surface area contributed by atoms with E-state index in [1.807, 2.05) is 18.2 Å². The molecule has 1 saturated heterocycles. The minimum absolute atomic E-state index is 0.0747. The molecule has 190 valence electrons. The first-order valence-corrected chi connectivity index (χ1v) is 12.3. The van der Waals surface area contributed by atoms with Crippen LogP contribution in [-0.4, -0.2) is 77.5 Å². The zero-order valence-electron chi connectivity index (χ0n) is 20.7. The molecule has 1 fully saturated rings. The van der Waals surface area contributed by atoms with Crippen molar-refractivity contribution in [1.29, 1.82) is 0 Å². The molecular formula is C28H29FN6O2. The summed E-state index contributed by atoms with van der Waals surface area (Å²) in [6.07, 6.45) is 2.18. The van der Waals surface area contributed by atoms with Gasteiger partial charge >= 0.3 is 0 Å². The maximum absolute atomic E-state index is 13.3. The number of fused-ring (bicyclic) bond motifs is 1. The number of pyridine rings is 1. The fourth-order valence-corrected chi connectivity index (χ4v) is 4.62. The molecular weight excluding hydrogens is 471 g/mol. The number of hydrogen-bond donors (Lipinski definition) is 1. The quantitative estimate of drug-likeness (QED) is 0.417. The molecule has 1 aliphatic rings. The van der Waals surface area contributed by atoms with Crippen LogP contribution in [-0.2, 0) is 6.42 Å². The van der Waals surface area contributed by atoms with Crippen LogP contribution in [0.2, 0.25) is 0 Å². The first-order valence-electron chi connectivity index (χ1n) is 12.3. The third-order valence-electron chi connectivity index (χ3n) is 6.71. The number of carbonyl (C=O) groups is 1. The Labute approximate surface area is 215 Å².